The highest BCUT2D eigenvalue weighted by Gasteiger charge is 2.38. The molecule has 2 aliphatic heterocycles. The third kappa shape index (κ3) is 16.1. The molecule has 67 heavy (non-hydrogen) atoms. The molecule has 1 amide bonds. The summed E-state index contributed by atoms with van der Waals surface area (Å²) in [5.74, 6) is -1.75. The van der Waals surface area contributed by atoms with Crippen molar-refractivity contribution in [3.05, 3.63) is 132 Å². The Kier molecular flexibility index (Phi) is 18.6. The Labute approximate surface area is 393 Å². The summed E-state index contributed by atoms with van der Waals surface area (Å²) in [6, 6.07) is 25.0. The zero-order valence-corrected chi connectivity index (χ0v) is 40.9. The second-order valence-electron chi connectivity index (χ2n) is 17.4. The molecule has 2 fully saturated rings. The van der Waals surface area contributed by atoms with Crippen LogP contribution in [-0.4, -0.2) is 116 Å². The van der Waals surface area contributed by atoms with E-state index in [9.17, 15) is 47.2 Å². The van der Waals surface area contributed by atoms with Gasteiger partial charge in [0.15, 0.2) is 0 Å². The maximum atomic E-state index is 14.3. The predicted molar refractivity (Wildman–Crippen MR) is 252 cm³/mol. The first-order valence-electron chi connectivity index (χ1n) is 21.8. The number of halogens is 2. The van der Waals surface area contributed by atoms with Gasteiger partial charge in [-0.2, -0.15) is 8.61 Å². The van der Waals surface area contributed by atoms with Gasteiger partial charge in [-0.3, -0.25) is 0 Å². The lowest BCUT2D eigenvalue weighted by Gasteiger charge is -2.28. The van der Waals surface area contributed by atoms with Gasteiger partial charge < -0.3 is 15.8 Å². The highest BCUT2D eigenvalue weighted by molar-refractivity contribution is 7.90. The molecule has 0 bridgehead atoms. The Morgan fingerprint density at radius 2 is 1.04 bits per heavy atom. The number of benzene rings is 4. The minimum Gasteiger partial charge on any atom is -0.444 e. The van der Waals surface area contributed by atoms with Gasteiger partial charge in [0, 0.05) is 44.3 Å². The number of hydrogen-bond donors (Lipinski definition) is 4. The van der Waals surface area contributed by atoms with E-state index in [0.717, 1.165) is 0 Å². The van der Waals surface area contributed by atoms with Crippen LogP contribution in [0.25, 0.3) is 0 Å². The molecule has 2 saturated heterocycles. The summed E-state index contributed by atoms with van der Waals surface area (Å²) >= 11 is 0. The number of hydrogen-bond acceptors (Lipinski definition) is 11. The first-order chi connectivity index (χ1) is 31.5. The van der Waals surface area contributed by atoms with Crippen LogP contribution in [0, 0.1) is 11.6 Å². The first-order valence-corrected chi connectivity index (χ1v) is 27.9. The third-order valence-corrected chi connectivity index (χ3v) is 17.8. The van der Waals surface area contributed by atoms with Crippen molar-refractivity contribution in [2.75, 3.05) is 37.7 Å². The highest BCUT2D eigenvalue weighted by atomic mass is 32.2. The van der Waals surface area contributed by atoms with E-state index in [2.05, 4.69) is 14.8 Å². The molecule has 4 atom stereocenters. The fraction of sp³-hybridized carbons (Fsp3) is 0.444. The Morgan fingerprint density at radius 1 is 0.642 bits per heavy atom. The predicted octanol–water partition coefficient (Wildman–Crippen LogP) is 4.50. The average molecular weight is 1010 g/mol. The molecule has 0 radical (unpaired) electrons. The van der Waals surface area contributed by atoms with Crippen molar-refractivity contribution in [3.8, 4) is 0 Å². The van der Waals surface area contributed by atoms with Crippen molar-refractivity contribution >= 4 is 46.2 Å². The number of ether oxygens (including phenoxy) is 1. The van der Waals surface area contributed by atoms with Gasteiger partial charge in [-0.05, 0) is 107 Å². The molecular formula is C45H60F2N6O10S4. The maximum Gasteiger partial charge on any atom is 0.407 e. The highest BCUT2D eigenvalue weighted by Crippen LogP contribution is 2.25. The van der Waals surface area contributed by atoms with Crippen LogP contribution in [0.1, 0.15) is 57.6 Å². The van der Waals surface area contributed by atoms with Gasteiger partial charge >= 0.3 is 6.09 Å². The van der Waals surface area contributed by atoms with Crippen LogP contribution >= 0.6 is 0 Å². The number of nitrogens with zero attached hydrogens (tertiary/aromatic N) is 2. The summed E-state index contributed by atoms with van der Waals surface area (Å²) in [5.41, 5.74) is 5.83. The van der Waals surface area contributed by atoms with E-state index < -0.39 is 93.3 Å². The lowest BCUT2D eigenvalue weighted by Crippen LogP contribution is -2.49. The lowest BCUT2D eigenvalue weighted by atomic mass is 10.1. The third-order valence-electron chi connectivity index (χ3n) is 10.9. The van der Waals surface area contributed by atoms with Gasteiger partial charge in [0.1, 0.15) is 17.2 Å². The Hall–Kier alpha value is -4.39. The number of rotatable bonds is 19. The molecule has 16 nitrogen and oxygen atoms in total. The van der Waals surface area contributed by atoms with E-state index in [-0.39, 0.29) is 53.6 Å². The Bertz CT molecular complexity index is 2720. The van der Waals surface area contributed by atoms with Gasteiger partial charge in [-0.25, -0.2) is 56.7 Å². The molecule has 0 aromatic heterocycles. The summed E-state index contributed by atoms with van der Waals surface area (Å²) < 4.78 is 144. The standard InChI is InChI=1S/C25H34FN3O6S2.C20H26FN3O4S2/c1-25(2,3)35-24(30)28-20(16-19-10-7-8-14-23(19)26)18-36(31,32)29-15-9-11-21(29)17-27-37(33,34)22-12-5-4-6-13-22;21-20-11-5-4-7-16(20)13-17(22)15-29(25,26)24-12-6-8-18(24)14-23-30(27,28)19-9-2-1-3-10-19/h4-8,10,12-14,20-21,27H,9,11,15-18H2,1-3H3,(H,28,30);1-5,7,9-11,17-18,23H,6,8,12-15,22H2/t20-,21+;17-,18+/m11/s1. The molecule has 4 aromatic rings. The average Bonchev–Trinajstić information content (AvgIpc) is 3.95. The SMILES string of the molecule is CC(C)(C)OC(=O)N[C@H](Cc1ccccc1F)CS(=O)(=O)N1CCC[C@H]1CNS(=O)(=O)c1ccccc1.N[C@H](Cc1ccccc1F)CS(=O)(=O)N1CCC[C@H]1CNS(=O)(=O)c1ccccc1. The van der Waals surface area contributed by atoms with Crippen LogP contribution in [0.3, 0.4) is 0 Å². The van der Waals surface area contributed by atoms with Crippen LogP contribution < -0.4 is 20.5 Å². The lowest BCUT2D eigenvalue weighted by molar-refractivity contribution is 0.0508. The second-order valence-corrected chi connectivity index (χ2v) is 24.9. The topological polar surface area (TPSA) is 231 Å². The number of carbonyl (C=O) groups is 1. The molecular weight excluding hydrogens is 951 g/mol. The molecule has 2 heterocycles. The number of sulfonamides is 4. The number of amides is 1. The van der Waals surface area contributed by atoms with Crippen LogP contribution in [0.15, 0.2) is 119 Å². The molecule has 2 aliphatic rings. The molecule has 0 spiro atoms. The molecule has 5 N–H and O–H groups in total. The molecule has 4 aromatic carbocycles. The number of nitrogens with one attached hydrogen (secondary N) is 3. The quantitative estimate of drug-likeness (QED) is 0.102. The van der Waals surface area contributed by atoms with Crippen molar-refractivity contribution in [1.82, 2.24) is 23.4 Å². The first kappa shape index (κ1) is 53.6. The van der Waals surface area contributed by atoms with E-state index in [1.807, 2.05) is 0 Å². The summed E-state index contributed by atoms with van der Waals surface area (Å²) in [4.78, 5) is 12.7. The van der Waals surface area contributed by atoms with Gasteiger partial charge in [-0.1, -0.05) is 72.8 Å². The zero-order chi connectivity index (χ0) is 49.0. The number of alkyl carbamates (subject to hydrolysis) is 1. The van der Waals surface area contributed by atoms with Crippen molar-refractivity contribution in [1.29, 1.82) is 0 Å². The van der Waals surface area contributed by atoms with Gasteiger partial charge in [0.2, 0.25) is 40.1 Å². The van der Waals surface area contributed by atoms with Gasteiger partial charge in [0.05, 0.1) is 27.3 Å². The molecule has 368 valence electrons. The normalized spacial score (nSPS) is 18.4. The summed E-state index contributed by atoms with van der Waals surface area (Å²) in [6.45, 7) is 5.47. The van der Waals surface area contributed by atoms with E-state index in [1.165, 1.54) is 57.1 Å². The minimum absolute atomic E-state index is 0.0149. The summed E-state index contributed by atoms with van der Waals surface area (Å²) in [5, 5.41) is 2.58. The van der Waals surface area contributed by atoms with Crippen molar-refractivity contribution in [3.63, 3.8) is 0 Å². The fourth-order valence-corrected chi connectivity index (χ4v) is 13.8. The van der Waals surface area contributed by atoms with Crippen molar-refractivity contribution < 1.29 is 52.0 Å². The van der Waals surface area contributed by atoms with E-state index in [4.69, 9.17) is 10.5 Å². The molecule has 22 heteroatoms. The summed E-state index contributed by atoms with van der Waals surface area (Å²) in [7, 11) is -15.2. The van der Waals surface area contributed by atoms with Gasteiger partial charge in [0.25, 0.3) is 0 Å². The fourth-order valence-electron chi connectivity index (χ4n) is 7.81. The van der Waals surface area contributed by atoms with Crippen LogP contribution in [0.5, 0.6) is 0 Å². The maximum absolute atomic E-state index is 14.3. The molecule has 6 rings (SSSR count). The molecule has 0 saturated carbocycles. The number of nitrogens with two attached hydrogens (primary N) is 1. The van der Waals surface area contributed by atoms with Gasteiger partial charge in [-0.15, -0.1) is 0 Å². The van der Waals surface area contributed by atoms with E-state index >= 15 is 0 Å². The van der Waals surface area contributed by atoms with E-state index in [0.29, 0.717) is 37.8 Å². The van der Waals surface area contributed by atoms with Crippen LogP contribution in [0.4, 0.5) is 13.6 Å². The van der Waals surface area contributed by atoms with Crippen molar-refractivity contribution in [2.45, 2.75) is 98.9 Å². The second kappa shape index (κ2) is 23.3. The van der Waals surface area contributed by atoms with Crippen LogP contribution in [0.2, 0.25) is 0 Å². The number of carbonyl (C=O) groups excluding carboxylic acids is 1. The largest absolute Gasteiger partial charge is 0.444 e. The Morgan fingerprint density at radius 3 is 1.48 bits per heavy atom. The van der Waals surface area contributed by atoms with Crippen LogP contribution in [-0.2, 0) is 57.7 Å². The monoisotopic (exact) mass is 1010 g/mol. The van der Waals surface area contributed by atoms with Crippen molar-refractivity contribution in [2.24, 2.45) is 5.73 Å². The molecule has 0 aliphatic carbocycles. The zero-order valence-electron chi connectivity index (χ0n) is 37.6. The Balaban J connectivity index is 0.000000256. The summed E-state index contributed by atoms with van der Waals surface area (Å²) in [6.07, 6.45) is 1.47. The smallest absolute Gasteiger partial charge is 0.407 e. The van der Waals surface area contributed by atoms with E-state index in [1.54, 1.807) is 81.4 Å². The molecule has 0 unspecified atom stereocenters. The minimum atomic E-state index is -3.96.